The Kier molecular flexibility index (Phi) is 6.73. The van der Waals surface area contributed by atoms with Gasteiger partial charge < -0.3 is 9.84 Å². The Morgan fingerprint density at radius 1 is 1.39 bits per heavy atom. The van der Waals surface area contributed by atoms with E-state index in [0.717, 1.165) is 18.4 Å². The van der Waals surface area contributed by atoms with Gasteiger partial charge in [0.2, 0.25) is 5.88 Å². The van der Waals surface area contributed by atoms with Gasteiger partial charge in [0.25, 0.3) is 0 Å². The largest absolute Gasteiger partial charge is 0.481 e. The third-order valence-corrected chi connectivity index (χ3v) is 3.45. The molecule has 1 rings (SSSR count). The molecule has 0 saturated heterocycles. The number of aromatic nitrogens is 1. The smallest absolute Gasteiger partial charge is 0.218 e. The van der Waals surface area contributed by atoms with E-state index in [9.17, 15) is 5.11 Å². The maximum absolute atomic E-state index is 10.3. The van der Waals surface area contributed by atoms with E-state index in [1.165, 1.54) is 19.3 Å². The Labute approximate surface area is 110 Å². The number of unbranched alkanes of at least 4 members (excludes halogenated alkanes) is 1. The van der Waals surface area contributed by atoms with Crippen molar-refractivity contribution < 1.29 is 9.84 Å². The van der Waals surface area contributed by atoms with Gasteiger partial charge in [-0.15, -0.1) is 0 Å². The molecule has 0 fully saturated rings. The number of hydrogen-bond donors (Lipinski definition) is 1. The summed E-state index contributed by atoms with van der Waals surface area (Å²) >= 11 is 0. The standard InChI is InChI=1S/C15H25NO2/c1-4-6-8-12(5-2)11-14(17)13-9-7-10-16-15(13)18-3/h7,9-10,12,14,17H,4-6,8,11H2,1-3H3. The number of hydrogen-bond acceptors (Lipinski definition) is 3. The van der Waals surface area contributed by atoms with Crippen molar-refractivity contribution >= 4 is 0 Å². The van der Waals surface area contributed by atoms with Gasteiger partial charge >= 0.3 is 0 Å². The van der Waals surface area contributed by atoms with E-state index in [-0.39, 0.29) is 0 Å². The van der Waals surface area contributed by atoms with Crippen LogP contribution in [0, 0.1) is 5.92 Å². The zero-order chi connectivity index (χ0) is 13.4. The van der Waals surface area contributed by atoms with Gasteiger partial charge in [0, 0.05) is 11.8 Å². The van der Waals surface area contributed by atoms with E-state index < -0.39 is 6.10 Å². The first kappa shape index (κ1) is 15.0. The lowest BCUT2D eigenvalue weighted by atomic mass is 9.91. The molecule has 2 unspecified atom stereocenters. The van der Waals surface area contributed by atoms with Crippen molar-refractivity contribution in [2.45, 2.75) is 52.1 Å². The first-order valence-electron chi connectivity index (χ1n) is 6.89. The van der Waals surface area contributed by atoms with Crippen LogP contribution in [0.2, 0.25) is 0 Å². The van der Waals surface area contributed by atoms with E-state index in [1.807, 2.05) is 12.1 Å². The lowest BCUT2D eigenvalue weighted by Crippen LogP contribution is -2.08. The molecule has 0 radical (unpaired) electrons. The summed E-state index contributed by atoms with van der Waals surface area (Å²) in [6.45, 7) is 4.39. The lowest BCUT2D eigenvalue weighted by molar-refractivity contribution is 0.135. The molecule has 0 aliphatic carbocycles. The van der Waals surface area contributed by atoms with Crippen LogP contribution >= 0.6 is 0 Å². The highest BCUT2D eigenvalue weighted by Crippen LogP contribution is 2.30. The number of methoxy groups -OCH3 is 1. The fraction of sp³-hybridized carbons (Fsp3) is 0.667. The van der Waals surface area contributed by atoms with Crippen molar-refractivity contribution in [2.24, 2.45) is 5.92 Å². The van der Waals surface area contributed by atoms with Crippen molar-refractivity contribution in [1.82, 2.24) is 4.98 Å². The Hall–Kier alpha value is -1.09. The molecule has 1 aromatic rings. The maximum atomic E-state index is 10.3. The summed E-state index contributed by atoms with van der Waals surface area (Å²) in [5, 5.41) is 10.3. The highest BCUT2D eigenvalue weighted by Gasteiger charge is 2.18. The van der Waals surface area contributed by atoms with Crippen molar-refractivity contribution in [3.63, 3.8) is 0 Å². The van der Waals surface area contributed by atoms with E-state index in [4.69, 9.17) is 4.74 Å². The molecule has 0 aromatic carbocycles. The van der Waals surface area contributed by atoms with Crippen LogP contribution in [0.5, 0.6) is 5.88 Å². The van der Waals surface area contributed by atoms with Gasteiger partial charge in [-0.2, -0.15) is 0 Å². The summed E-state index contributed by atoms with van der Waals surface area (Å²) in [6.07, 6.45) is 6.74. The van der Waals surface area contributed by atoms with E-state index in [2.05, 4.69) is 18.8 Å². The van der Waals surface area contributed by atoms with Crippen molar-refractivity contribution in [1.29, 1.82) is 0 Å². The summed E-state index contributed by atoms with van der Waals surface area (Å²) in [5.74, 6) is 1.11. The summed E-state index contributed by atoms with van der Waals surface area (Å²) in [5.41, 5.74) is 0.801. The molecule has 0 amide bonds. The highest BCUT2D eigenvalue weighted by atomic mass is 16.5. The van der Waals surface area contributed by atoms with Crippen molar-refractivity contribution in [3.8, 4) is 5.88 Å². The fourth-order valence-corrected chi connectivity index (χ4v) is 2.25. The molecule has 1 heterocycles. The molecule has 3 heteroatoms. The zero-order valence-electron chi connectivity index (χ0n) is 11.7. The number of ether oxygens (including phenoxy) is 1. The normalized spacial score (nSPS) is 14.2. The van der Waals surface area contributed by atoms with Crippen LogP contribution in [-0.4, -0.2) is 17.2 Å². The maximum Gasteiger partial charge on any atom is 0.218 e. The molecule has 102 valence electrons. The number of aliphatic hydroxyl groups is 1. The molecule has 0 aliphatic heterocycles. The SMILES string of the molecule is CCCCC(CC)CC(O)c1cccnc1OC. The quantitative estimate of drug-likeness (QED) is 0.765. The van der Waals surface area contributed by atoms with Gasteiger partial charge in [0.1, 0.15) is 0 Å². The molecule has 0 saturated carbocycles. The van der Waals surface area contributed by atoms with Crippen molar-refractivity contribution in [2.75, 3.05) is 7.11 Å². The molecule has 2 atom stereocenters. The number of aliphatic hydroxyl groups excluding tert-OH is 1. The summed E-state index contributed by atoms with van der Waals surface area (Å²) in [4.78, 5) is 4.13. The second-order valence-electron chi connectivity index (χ2n) is 4.77. The van der Waals surface area contributed by atoms with E-state index >= 15 is 0 Å². The van der Waals surface area contributed by atoms with Crippen LogP contribution in [0.4, 0.5) is 0 Å². The monoisotopic (exact) mass is 251 g/mol. The fourth-order valence-electron chi connectivity index (χ4n) is 2.25. The molecular formula is C15H25NO2. The zero-order valence-corrected chi connectivity index (χ0v) is 11.7. The van der Waals surface area contributed by atoms with Crippen LogP contribution < -0.4 is 4.74 Å². The second-order valence-corrected chi connectivity index (χ2v) is 4.77. The van der Waals surface area contributed by atoms with Gasteiger partial charge in [-0.05, 0) is 24.5 Å². The minimum Gasteiger partial charge on any atom is -0.481 e. The number of nitrogens with zero attached hydrogens (tertiary/aromatic N) is 1. The summed E-state index contributed by atoms with van der Waals surface area (Å²) in [7, 11) is 1.59. The van der Waals surface area contributed by atoms with Gasteiger partial charge in [0.15, 0.2) is 0 Å². The van der Waals surface area contributed by atoms with Crippen molar-refractivity contribution in [3.05, 3.63) is 23.9 Å². The van der Waals surface area contributed by atoms with Crippen LogP contribution in [0.1, 0.15) is 57.6 Å². The van der Waals surface area contributed by atoms with Gasteiger partial charge in [0.05, 0.1) is 13.2 Å². The molecule has 1 aromatic heterocycles. The number of pyridine rings is 1. The predicted molar refractivity (Wildman–Crippen MR) is 73.7 cm³/mol. The molecule has 0 bridgehead atoms. The molecule has 18 heavy (non-hydrogen) atoms. The lowest BCUT2D eigenvalue weighted by Gasteiger charge is -2.20. The Balaban J connectivity index is 2.65. The van der Waals surface area contributed by atoms with Gasteiger partial charge in [-0.3, -0.25) is 0 Å². The Bertz CT molecular complexity index is 341. The first-order valence-corrected chi connectivity index (χ1v) is 6.89. The highest BCUT2D eigenvalue weighted by molar-refractivity contribution is 5.27. The molecule has 3 nitrogen and oxygen atoms in total. The Morgan fingerprint density at radius 2 is 2.17 bits per heavy atom. The average molecular weight is 251 g/mol. The topological polar surface area (TPSA) is 42.4 Å². The molecule has 0 spiro atoms. The third-order valence-electron chi connectivity index (χ3n) is 3.45. The third kappa shape index (κ3) is 4.30. The van der Waals surface area contributed by atoms with E-state index in [0.29, 0.717) is 11.8 Å². The van der Waals surface area contributed by atoms with Gasteiger partial charge in [-0.1, -0.05) is 39.5 Å². The van der Waals surface area contributed by atoms with Crippen LogP contribution in [0.25, 0.3) is 0 Å². The Morgan fingerprint density at radius 3 is 2.78 bits per heavy atom. The average Bonchev–Trinajstić information content (AvgIpc) is 2.43. The minimum absolute atomic E-state index is 0.476. The predicted octanol–water partition coefficient (Wildman–Crippen LogP) is 3.73. The van der Waals surface area contributed by atoms with E-state index in [1.54, 1.807) is 13.3 Å². The summed E-state index contributed by atoms with van der Waals surface area (Å²) < 4.78 is 5.19. The van der Waals surface area contributed by atoms with Gasteiger partial charge in [-0.25, -0.2) is 4.98 Å². The number of rotatable bonds is 8. The summed E-state index contributed by atoms with van der Waals surface area (Å²) in [6, 6.07) is 3.73. The second kappa shape index (κ2) is 8.09. The minimum atomic E-state index is -0.476. The first-order chi connectivity index (χ1) is 8.72. The van der Waals surface area contributed by atoms with Crippen LogP contribution in [0.3, 0.4) is 0 Å². The van der Waals surface area contributed by atoms with Crippen LogP contribution in [-0.2, 0) is 0 Å². The molecule has 1 N–H and O–H groups in total. The van der Waals surface area contributed by atoms with Crippen LogP contribution in [0.15, 0.2) is 18.3 Å². The molecular weight excluding hydrogens is 226 g/mol. The molecule has 0 aliphatic rings.